The van der Waals surface area contributed by atoms with Gasteiger partial charge < -0.3 is 9.47 Å². The number of sulfonamides is 1. The molecule has 1 N–H and O–H groups in total. The number of rotatable bonds is 5. The van der Waals surface area contributed by atoms with Crippen molar-refractivity contribution in [3.05, 3.63) is 48.5 Å². The van der Waals surface area contributed by atoms with Crippen molar-refractivity contribution in [3.8, 4) is 22.9 Å². The number of benzene rings is 1. The van der Waals surface area contributed by atoms with Crippen LogP contribution >= 0.6 is 0 Å². The van der Waals surface area contributed by atoms with Gasteiger partial charge in [-0.25, -0.2) is 17.8 Å². The van der Waals surface area contributed by atoms with Crippen LogP contribution in [-0.2, 0) is 16.6 Å². The predicted molar refractivity (Wildman–Crippen MR) is 99.3 cm³/mol. The Morgan fingerprint density at radius 2 is 2.18 bits per heavy atom. The van der Waals surface area contributed by atoms with E-state index in [0.29, 0.717) is 24.6 Å². The van der Waals surface area contributed by atoms with Gasteiger partial charge in [0.1, 0.15) is 23.1 Å². The number of ether oxygens (including phenoxy) is 2. The molecule has 10 heteroatoms. The van der Waals surface area contributed by atoms with E-state index in [2.05, 4.69) is 14.8 Å². The maximum Gasteiger partial charge on any atom is 0.265 e. The number of nitrogens with one attached hydrogen (secondary N) is 1. The SMILES string of the molecule is CCOc1ccc(F)cc1S(=O)(=O)Nc1cnc2c(c1)-c1ccnn1CCO2. The van der Waals surface area contributed by atoms with E-state index in [-0.39, 0.29) is 22.9 Å². The Labute approximate surface area is 161 Å². The lowest BCUT2D eigenvalue weighted by Gasteiger charge is -2.14. The lowest BCUT2D eigenvalue weighted by Crippen LogP contribution is -2.15. The molecule has 0 atom stereocenters. The van der Waals surface area contributed by atoms with E-state index in [1.807, 2.05) is 0 Å². The first kappa shape index (κ1) is 18.2. The maximum absolute atomic E-state index is 13.7. The van der Waals surface area contributed by atoms with Crippen molar-refractivity contribution in [3.63, 3.8) is 0 Å². The highest BCUT2D eigenvalue weighted by molar-refractivity contribution is 7.92. The molecule has 2 aromatic heterocycles. The Kier molecular flexibility index (Phi) is 4.63. The van der Waals surface area contributed by atoms with Gasteiger partial charge in [0.25, 0.3) is 10.0 Å². The van der Waals surface area contributed by atoms with E-state index in [4.69, 9.17) is 9.47 Å². The smallest absolute Gasteiger partial charge is 0.265 e. The quantitative estimate of drug-likeness (QED) is 0.703. The number of nitrogens with zero attached hydrogens (tertiary/aromatic N) is 3. The lowest BCUT2D eigenvalue weighted by atomic mass is 10.2. The monoisotopic (exact) mass is 404 g/mol. The van der Waals surface area contributed by atoms with Crippen molar-refractivity contribution in [1.82, 2.24) is 14.8 Å². The highest BCUT2D eigenvalue weighted by Crippen LogP contribution is 2.33. The second kappa shape index (κ2) is 7.12. The van der Waals surface area contributed by atoms with Gasteiger partial charge >= 0.3 is 0 Å². The fourth-order valence-corrected chi connectivity index (χ4v) is 4.14. The molecule has 0 fully saturated rings. The molecule has 0 radical (unpaired) electrons. The maximum atomic E-state index is 13.7. The summed E-state index contributed by atoms with van der Waals surface area (Å²) in [6.07, 6.45) is 3.00. The molecule has 3 aromatic rings. The van der Waals surface area contributed by atoms with Crippen LogP contribution in [0.4, 0.5) is 10.1 Å². The first-order chi connectivity index (χ1) is 13.5. The molecule has 1 aliphatic heterocycles. The van der Waals surface area contributed by atoms with Crippen molar-refractivity contribution in [1.29, 1.82) is 0 Å². The van der Waals surface area contributed by atoms with Gasteiger partial charge in [-0.15, -0.1) is 0 Å². The summed E-state index contributed by atoms with van der Waals surface area (Å²) >= 11 is 0. The first-order valence-corrected chi connectivity index (χ1v) is 10.1. The molecule has 0 saturated carbocycles. The number of fused-ring (bicyclic) bond motifs is 3. The zero-order valence-corrected chi connectivity index (χ0v) is 15.7. The van der Waals surface area contributed by atoms with E-state index in [9.17, 15) is 12.8 Å². The minimum absolute atomic E-state index is 0.0699. The van der Waals surface area contributed by atoms with Crippen LogP contribution in [0.5, 0.6) is 11.6 Å². The number of hydrogen-bond acceptors (Lipinski definition) is 6. The summed E-state index contributed by atoms with van der Waals surface area (Å²) in [5.74, 6) is -0.218. The van der Waals surface area contributed by atoms with Crippen LogP contribution in [0.15, 0.2) is 47.6 Å². The van der Waals surface area contributed by atoms with Gasteiger partial charge in [0, 0.05) is 6.20 Å². The molecule has 1 aliphatic rings. The lowest BCUT2D eigenvalue weighted by molar-refractivity contribution is 0.290. The van der Waals surface area contributed by atoms with Crippen LogP contribution in [-0.4, -0.2) is 36.4 Å². The van der Waals surface area contributed by atoms with Crippen LogP contribution in [0.3, 0.4) is 0 Å². The average molecular weight is 404 g/mol. The third-order valence-electron chi connectivity index (χ3n) is 4.13. The Morgan fingerprint density at radius 3 is 3.00 bits per heavy atom. The van der Waals surface area contributed by atoms with Crippen molar-refractivity contribution in [2.75, 3.05) is 17.9 Å². The second-order valence-electron chi connectivity index (χ2n) is 5.99. The van der Waals surface area contributed by atoms with Crippen LogP contribution in [0.25, 0.3) is 11.3 Å². The zero-order valence-electron chi connectivity index (χ0n) is 14.9. The molecule has 0 saturated heterocycles. The molecule has 0 amide bonds. The molecule has 1 aromatic carbocycles. The molecule has 3 heterocycles. The van der Waals surface area contributed by atoms with E-state index >= 15 is 0 Å². The van der Waals surface area contributed by atoms with Crippen LogP contribution in [0.1, 0.15) is 6.92 Å². The molecule has 0 bridgehead atoms. The van der Waals surface area contributed by atoms with Gasteiger partial charge in [0.2, 0.25) is 5.88 Å². The third kappa shape index (κ3) is 3.38. The first-order valence-electron chi connectivity index (χ1n) is 8.58. The van der Waals surface area contributed by atoms with Crippen LogP contribution in [0.2, 0.25) is 0 Å². The highest BCUT2D eigenvalue weighted by Gasteiger charge is 2.23. The van der Waals surface area contributed by atoms with E-state index in [1.54, 1.807) is 29.9 Å². The number of halogens is 1. The normalized spacial score (nSPS) is 13.1. The van der Waals surface area contributed by atoms with Crippen LogP contribution < -0.4 is 14.2 Å². The Bertz CT molecular complexity index is 1130. The summed E-state index contributed by atoms with van der Waals surface area (Å²) in [5.41, 5.74) is 1.59. The Balaban J connectivity index is 1.72. The van der Waals surface area contributed by atoms with Gasteiger partial charge in [-0.2, -0.15) is 5.10 Å². The van der Waals surface area contributed by atoms with Gasteiger partial charge in [0.05, 0.1) is 36.3 Å². The Hall–Kier alpha value is -3.14. The van der Waals surface area contributed by atoms with Crippen LogP contribution in [0, 0.1) is 5.82 Å². The van der Waals surface area contributed by atoms with Crippen molar-refractivity contribution >= 4 is 15.7 Å². The molecule has 146 valence electrons. The summed E-state index contributed by atoms with van der Waals surface area (Å²) in [6, 6.07) is 6.76. The molecular formula is C18H17FN4O4S. The number of hydrogen-bond donors (Lipinski definition) is 1. The second-order valence-corrected chi connectivity index (χ2v) is 7.65. The fraction of sp³-hybridized carbons (Fsp3) is 0.222. The van der Waals surface area contributed by atoms with E-state index in [0.717, 1.165) is 17.8 Å². The van der Waals surface area contributed by atoms with Crippen molar-refractivity contribution in [2.45, 2.75) is 18.4 Å². The standard InChI is InChI=1S/C18H17FN4O4S/c1-2-26-16-4-3-12(19)9-17(16)28(24,25)22-13-10-14-15-5-6-21-23(15)7-8-27-18(14)20-11-13/h3-6,9-11,22H,2,7-8H2,1H3. The third-order valence-corrected chi connectivity index (χ3v) is 5.54. The summed E-state index contributed by atoms with van der Waals surface area (Å²) in [4.78, 5) is 3.93. The predicted octanol–water partition coefficient (Wildman–Crippen LogP) is 2.68. The molecular weight excluding hydrogens is 387 g/mol. The zero-order chi connectivity index (χ0) is 19.7. The Morgan fingerprint density at radius 1 is 1.32 bits per heavy atom. The topological polar surface area (TPSA) is 95.3 Å². The fourth-order valence-electron chi connectivity index (χ4n) is 2.95. The summed E-state index contributed by atoms with van der Waals surface area (Å²) in [6.45, 7) is 2.92. The van der Waals surface area contributed by atoms with Gasteiger partial charge in [-0.1, -0.05) is 0 Å². The molecule has 0 aliphatic carbocycles. The molecule has 28 heavy (non-hydrogen) atoms. The number of pyridine rings is 1. The highest BCUT2D eigenvalue weighted by atomic mass is 32.2. The van der Waals surface area contributed by atoms with Gasteiger partial charge in [0.15, 0.2) is 0 Å². The number of aromatic nitrogens is 3. The molecule has 8 nitrogen and oxygen atoms in total. The minimum atomic E-state index is -4.11. The summed E-state index contributed by atoms with van der Waals surface area (Å²) < 4.78 is 54.5. The molecule has 0 spiro atoms. The summed E-state index contributed by atoms with van der Waals surface area (Å²) in [7, 11) is -4.11. The molecule has 4 rings (SSSR count). The van der Waals surface area contributed by atoms with E-state index < -0.39 is 15.8 Å². The van der Waals surface area contributed by atoms with Gasteiger partial charge in [-0.05, 0) is 37.3 Å². The van der Waals surface area contributed by atoms with Gasteiger partial charge in [-0.3, -0.25) is 9.40 Å². The average Bonchev–Trinajstić information content (AvgIpc) is 3.06. The minimum Gasteiger partial charge on any atom is -0.492 e. The summed E-state index contributed by atoms with van der Waals surface area (Å²) in [5, 5.41) is 4.22. The van der Waals surface area contributed by atoms with E-state index in [1.165, 1.54) is 12.3 Å². The van der Waals surface area contributed by atoms with Crippen molar-refractivity contribution < 1.29 is 22.3 Å². The largest absolute Gasteiger partial charge is 0.492 e. The molecule has 0 unspecified atom stereocenters. The van der Waals surface area contributed by atoms with Crippen molar-refractivity contribution in [2.24, 2.45) is 0 Å². The number of anilines is 1.